The maximum Gasteiger partial charge on any atom is 0.325 e. The van der Waals surface area contributed by atoms with Gasteiger partial charge < -0.3 is 15.2 Å². The molecule has 29 heavy (non-hydrogen) atoms. The average Bonchev–Trinajstić information content (AvgIpc) is 3.04. The second-order valence-corrected chi connectivity index (χ2v) is 7.97. The highest BCUT2D eigenvalue weighted by atomic mass is 16.2. The first kappa shape index (κ1) is 19.1. The van der Waals surface area contributed by atoms with E-state index in [-0.39, 0.29) is 6.54 Å². The van der Waals surface area contributed by atoms with Crippen molar-refractivity contribution in [3.8, 4) is 11.4 Å². The van der Waals surface area contributed by atoms with Gasteiger partial charge in [-0.1, -0.05) is 6.42 Å². The van der Waals surface area contributed by atoms with Gasteiger partial charge in [0.1, 0.15) is 17.9 Å². The summed E-state index contributed by atoms with van der Waals surface area (Å²) in [5, 5.41) is 13.9. The molecule has 1 fully saturated rings. The fourth-order valence-electron chi connectivity index (χ4n) is 3.71. The molecule has 1 aromatic heterocycles. The Hall–Kier alpha value is -3.23. The summed E-state index contributed by atoms with van der Waals surface area (Å²) in [4.78, 5) is 37.3. The summed E-state index contributed by atoms with van der Waals surface area (Å²) in [6.45, 7) is 3.80. The molecule has 2 aliphatic rings. The monoisotopic (exact) mass is 396 g/mol. The number of amides is 4. The van der Waals surface area contributed by atoms with E-state index in [1.165, 1.54) is 6.42 Å². The molecular formula is C20H24N6O3. The van der Waals surface area contributed by atoms with Crippen LogP contribution in [0.25, 0.3) is 11.4 Å². The van der Waals surface area contributed by atoms with Crippen LogP contribution in [0.2, 0.25) is 0 Å². The standard InChI is InChI=1S/C20H24N6O3/c1-20(2)18(28)26(19(29)22-20)12-16(27)21-14-9-7-13(8-10-14)17-24-23-15-6-4-3-5-11-25(15)17/h7-10H,3-6,11-12H2,1-2H3,(H,21,27)(H,22,29). The van der Waals surface area contributed by atoms with Crippen molar-refractivity contribution >= 4 is 23.5 Å². The van der Waals surface area contributed by atoms with E-state index < -0.39 is 23.4 Å². The lowest BCUT2D eigenvalue weighted by atomic mass is 10.1. The Morgan fingerprint density at radius 3 is 2.59 bits per heavy atom. The van der Waals surface area contributed by atoms with Crippen molar-refractivity contribution in [2.45, 2.75) is 51.6 Å². The van der Waals surface area contributed by atoms with Gasteiger partial charge in [0.05, 0.1) is 0 Å². The maximum absolute atomic E-state index is 12.3. The molecule has 0 unspecified atom stereocenters. The number of fused-ring (bicyclic) bond motifs is 1. The normalized spacial score (nSPS) is 18.2. The molecule has 9 heteroatoms. The summed E-state index contributed by atoms with van der Waals surface area (Å²) in [7, 11) is 0. The molecule has 2 N–H and O–H groups in total. The third-order valence-electron chi connectivity index (χ3n) is 5.28. The van der Waals surface area contributed by atoms with Crippen molar-refractivity contribution in [1.29, 1.82) is 0 Å². The van der Waals surface area contributed by atoms with Crippen LogP contribution in [0.3, 0.4) is 0 Å². The van der Waals surface area contributed by atoms with Crippen LogP contribution in [0, 0.1) is 0 Å². The molecule has 3 heterocycles. The number of hydrogen-bond donors (Lipinski definition) is 2. The lowest BCUT2D eigenvalue weighted by molar-refractivity contribution is -0.132. The van der Waals surface area contributed by atoms with Crippen LogP contribution < -0.4 is 10.6 Å². The van der Waals surface area contributed by atoms with Crippen LogP contribution >= 0.6 is 0 Å². The molecule has 0 bridgehead atoms. The van der Waals surface area contributed by atoms with Gasteiger partial charge in [-0.15, -0.1) is 10.2 Å². The third kappa shape index (κ3) is 3.72. The highest BCUT2D eigenvalue weighted by Crippen LogP contribution is 2.24. The largest absolute Gasteiger partial charge is 0.325 e. The lowest BCUT2D eigenvalue weighted by Gasteiger charge is -2.15. The number of rotatable bonds is 4. The van der Waals surface area contributed by atoms with E-state index in [4.69, 9.17) is 0 Å². The highest BCUT2D eigenvalue weighted by molar-refractivity contribution is 6.09. The van der Waals surface area contributed by atoms with E-state index in [0.29, 0.717) is 5.69 Å². The van der Waals surface area contributed by atoms with E-state index in [1.54, 1.807) is 26.0 Å². The number of nitrogens with zero attached hydrogens (tertiary/aromatic N) is 4. The van der Waals surface area contributed by atoms with Gasteiger partial charge in [0.15, 0.2) is 5.82 Å². The summed E-state index contributed by atoms with van der Waals surface area (Å²) in [5.41, 5.74) is 0.523. The zero-order chi connectivity index (χ0) is 20.6. The number of nitrogens with one attached hydrogen (secondary N) is 2. The number of benzene rings is 1. The van der Waals surface area contributed by atoms with Crippen LogP contribution in [0.5, 0.6) is 0 Å². The van der Waals surface area contributed by atoms with Crippen molar-refractivity contribution in [3.63, 3.8) is 0 Å². The summed E-state index contributed by atoms with van der Waals surface area (Å²) < 4.78 is 2.17. The topological polar surface area (TPSA) is 109 Å². The first-order valence-corrected chi connectivity index (χ1v) is 9.81. The highest BCUT2D eigenvalue weighted by Gasteiger charge is 2.44. The SMILES string of the molecule is CC1(C)NC(=O)N(CC(=O)Nc2ccc(-c3nnc4n3CCCCC4)cc2)C1=O. The molecule has 0 spiro atoms. The first-order valence-electron chi connectivity index (χ1n) is 9.81. The summed E-state index contributed by atoms with van der Waals surface area (Å²) >= 11 is 0. The van der Waals surface area contributed by atoms with Crippen LogP contribution in [0.1, 0.15) is 38.9 Å². The molecule has 2 aliphatic heterocycles. The molecule has 0 saturated carbocycles. The minimum absolute atomic E-state index is 0.326. The minimum atomic E-state index is -0.991. The van der Waals surface area contributed by atoms with Crippen LogP contribution in [0.15, 0.2) is 24.3 Å². The van der Waals surface area contributed by atoms with Crippen molar-refractivity contribution in [1.82, 2.24) is 25.0 Å². The number of urea groups is 1. The number of carbonyl (C=O) groups is 3. The summed E-state index contributed by atoms with van der Waals surface area (Å²) in [6.07, 6.45) is 4.40. The van der Waals surface area contributed by atoms with Gasteiger partial charge in [0, 0.05) is 24.2 Å². The molecule has 1 saturated heterocycles. The molecule has 152 valence electrons. The molecule has 0 atom stereocenters. The average molecular weight is 396 g/mol. The van der Waals surface area contributed by atoms with Crippen LogP contribution in [-0.4, -0.2) is 49.6 Å². The predicted molar refractivity (Wildman–Crippen MR) is 106 cm³/mol. The Bertz CT molecular complexity index is 963. The number of carbonyl (C=O) groups excluding carboxylic acids is 3. The molecule has 4 rings (SSSR count). The Morgan fingerprint density at radius 2 is 1.90 bits per heavy atom. The predicted octanol–water partition coefficient (Wildman–Crippen LogP) is 1.94. The number of anilines is 1. The fourth-order valence-corrected chi connectivity index (χ4v) is 3.71. The third-order valence-corrected chi connectivity index (χ3v) is 5.28. The van der Waals surface area contributed by atoms with Crippen molar-refractivity contribution in [3.05, 3.63) is 30.1 Å². The molecule has 1 aromatic carbocycles. The fraction of sp³-hybridized carbons (Fsp3) is 0.450. The molecule has 2 aromatic rings. The zero-order valence-corrected chi connectivity index (χ0v) is 16.6. The second kappa shape index (κ2) is 7.31. The Balaban J connectivity index is 1.43. The summed E-state index contributed by atoms with van der Waals surface area (Å²) in [6, 6.07) is 6.77. The molecule has 0 aliphatic carbocycles. The minimum Gasteiger partial charge on any atom is -0.325 e. The van der Waals surface area contributed by atoms with Gasteiger partial charge in [0.2, 0.25) is 5.91 Å². The molecule has 4 amide bonds. The van der Waals surface area contributed by atoms with E-state index in [0.717, 1.165) is 47.9 Å². The first-order chi connectivity index (χ1) is 13.8. The number of hydrogen-bond acceptors (Lipinski definition) is 5. The van der Waals surface area contributed by atoms with Crippen molar-refractivity contribution in [2.75, 3.05) is 11.9 Å². The molecule has 9 nitrogen and oxygen atoms in total. The van der Waals surface area contributed by atoms with Gasteiger partial charge in [-0.05, 0) is 51.0 Å². The van der Waals surface area contributed by atoms with Gasteiger partial charge in [-0.2, -0.15) is 0 Å². The Morgan fingerprint density at radius 1 is 1.14 bits per heavy atom. The van der Waals surface area contributed by atoms with Gasteiger partial charge in [-0.3, -0.25) is 14.5 Å². The molecule has 0 radical (unpaired) electrons. The Kier molecular flexibility index (Phi) is 4.81. The van der Waals surface area contributed by atoms with Gasteiger partial charge >= 0.3 is 6.03 Å². The molecular weight excluding hydrogens is 372 g/mol. The quantitative estimate of drug-likeness (QED) is 0.768. The zero-order valence-electron chi connectivity index (χ0n) is 16.6. The van der Waals surface area contributed by atoms with E-state index in [2.05, 4.69) is 25.4 Å². The maximum atomic E-state index is 12.3. The van der Waals surface area contributed by atoms with E-state index >= 15 is 0 Å². The smallest absolute Gasteiger partial charge is 0.325 e. The van der Waals surface area contributed by atoms with Gasteiger partial charge in [-0.25, -0.2) is 4.79 Å². The van der Waals surface area contributed by atoms with E-state index in [9.17, 15) is 14.4 Å². The number of imide groups is 1. The van der Waals surface area contributed by atoms with Crippen LogP contribution in [-0.2, 0) is 22.6 Å². The summed E-state index contributed by atoms with van der Waals surface area (Å²) in [5.74, 6) is 1.00. The van der Waals surface area contributed by atoms with Crippen molar-refractivity contribution < 1.29 is 14.4 Å². The number of aromatic nitrogens is 3. The second-order valence-electron chi connectivity index (χ2n) is 7.97. The Labute approximate surface area is 168 Å². The van der Waals surface area contributed by atoms with Crippen LogP contribution in [0.4, 0.5) is 10.5 Å². The van der Waals surface area contributed by atoms with Crippen molar-refractivity contribution in [2.24, 2.45) is 0 Å². The number of aryl methyl sites for hydroxylation is 1. The van der Waals surface area contributed by atoms with E-state index in [1.807, 2.05) is 12.1 Å². The lowest BCUT2D eigenvalue weighted by Crippen LogP contribution is -2.41. The van der Waals surface area contributed by atoms with Gasteiger partial charge in [0.25, 0.3) is 5.91 Å².